The second-order valence-electron chi connectivity index (χ2n) is 12.8. The summed E-state index contributed by atoms with van der Waals surface area (Å²) < 4.78 is 52.2. The van der Waals surface area contributed by atoms with Gasteiger partial charge in [-0.2, -0.15) is 13.2 Å². The van der Waals surface area contributed by atoms with Gasteiger partial charge in [-0.3, -0.25) is 14.5 Å². The van der Waals surface area contributed by atoms with Crippen LogP contribution in [0.3, 0.4) is 0 Å². The number of nitrogens with zero attached hydrogens (tertiary/aromatic N) is 2. The Bertz CT molecular complexity index is 1770. The van der Waals surface area contributed by atoms with Gasteiger partial charge >= 0.3 is 12.1 Å². The monoisotopic (exact) mass is 675 g/mol. The smallest absolute Gasteiger partial charge is 0.392 e. The fraction of sp³-hybridized carbons (Fsp3) is 0.368. The van der Waals surface area contributed by atoms with Crippen LogP contribution < -0.4 is 5.32 Å². The topological polar surface area (TPSA) is 91.3 Å². The molecule has 2 aliphatic rings. The Morgan fingerprint density at radius 3 is 2.35 bits per heavy atom. The third-order valence-corrected chi connectivity index (χ3v) is 9.53. The van der Waals surface area contributed by atoms with Crippen LogP contribution >= 0.6 is 0 Å². The molecule has 5 atom stereocenters. The molecule has 0 bridgehead atoms. The maximum absolute atomic E-state index is 13.1. The normalized spacial score (nSPS) is 22.0. The summed E-state index contributed by atoms with van der Waals surface area (Å²) in [4.78, 5) is 27.6. The second-order valence-corrected chi connectivity index (χ2v) is 12.8. The number of likely N-dealkylation sites (N-methyl/N-ethyl adjacent to an activating group) is 1. The molecule has 0 saturated carbocycles. The molecule has 0 unspecified atom stereocenters. The van der Waals surface area contributed by atoms with Crippen LogP contribution in [-0.4, -0.2) is 65.2 Å². The van der Waals surface area contributed by atoms with Gasteiger partial charge in [0.15, 0.2) is 6.29 Å². The number of alkyl halides is 3. The third-order valence-electron chi connectivity index (χ3n) is 9.53. The molecule has 4 aromatic rings. The molecule has 0 aromatic heterocycles. The van der Waals surface area contributed by atoms with Gasteiger partial charge in [-0.15, -0.1) is 0 Å². The molecule has 258 valence electrons. The molecule has 2 amide bonds. The number of ether oxygens (including phenoxy) is 2. The molecular weight excluding hydrogens is 635 g/mol. The zero-order chi connectivity index (χ0) is 34.7. The molecule has 0 radical (unpaired) electrons. The summed E-state index contributed by atoms with van der Waals surface area (Å²) in [5, 5.41) is 14.6. The molecular formula is C38H40F3N3O5. The van der Waals surface area contributed by atoms with Crippen molar-refractivity contribution in [3.05, 3.63) is 113 Å². The van der Waals surface area contributed by atoms with E-state index in [0.29, 0.717) is 35.5 Å². The summed E-state index contributed by atoms with van der Waals surface area (Å²) in [5.74, 6) is -2.66. The van der Waals surface area contributed by atoms with E-state index in [-0.39, 0.29) is 37.8 Å². The standard InChI is InChI=1S/C38H40F3N3O5/c1-24(29-14-13-26-6-3-4-7-30(26)20-29)43(2)22-32-21-34(27-11-9-25(23-45)10-12-27)49-36(48-32)28-15-17-31(18-16-28)42-35(46)33-8-5-19-44(33)37(47)38(39,40)41/h3-4,6-7,9-18,20,24,32-34,36,45H,5,8,19,21-23H2,1-2H3,(H,42,46)/t24-,32+,33+,34-,36-/m1/s1. The Morgan fingerprint density at radius 1 is 0.959 bits per heavy atom. The number of benzene rings is 4. The SMILES string of the molecule is C[C@H](c1ccc2ccccc2c1)N(C)C[C@@H]1C[C@H](c2ccc(CO)cc2)O[C@H](c2ccc(NC(=O)[C@@H]3CCCN3C(=O)C(F)(F)F)cc2)O1. The maximum atomic E-state index is 13.1. The molecule has 2 fully saturated rings. The fourth-order valence-corrected chi connectivity index (χ4v) is 6.63. The van der Waals surface area contributed by atoms with Crippen LogP contribution in [0.1, 0.15) is 66.9 Å². The van der Waals surface area contributed by atoms with Crippen LogP contribution in [-0.2, 0) is 25.7 Å². The third kappa shape index (κ3) is 7.96. The Morgan fingerprint density at radius 2 is 1.65 bits per heavy atom. The van der Waals surface area contributed by atoms with Crippen molar-refractivity contribution >= 4 is 28.3 Å². The summed E-state index contributed by atoms with van der Waals surface area (Å²) in [5.41, 5.74) is 4.04. The number of hydrogen-bond acceptors (Lipinski definition) is 6. The average Bonchev–Trinajstić information content (AvgIpc) is 3.61. The van der Waals surface area contributed by atoms with E-state index < -0.39 is 30.3 Å². The molecule has 2 saturated heterocycles. The van der Waals surface area contributed by atoms with Crippen molar-refractivity contribution in [2.75, 3.05) is 25.5 Å². The van der Waals surface area contributed by atoms with Gasteiger partial charge in [0.1, 0.15) is 6.04 Å². The molecule has 0 aliphatic carbocycles. The molecule has 8 nitrogen and oxygen atoms in total. The number of anilines is 1. The van der Waals surface area contributed by atoms with Gasteiger partial charge in [-0.05, 0) is 72.5 Å². The lowest BCUT2D eigenvalue weighted by atomic mass is 9.98. The zero-order valence-corrected chi connectivity index (χ0v) is 27.4. The zero-order valence-electron chi connectivity index (χ0n) is 27.4. The lowest BCUT2D eigenvalue weighted by molar-refractivity contribution is -0.253. The number of aliphatic hydroxyl groups is 1. The number of aliphatic hydroxyl groups excluding tert-OH is 1. The van der Waals surface area contributed by atoms with Crippen LogP contribution in [0.25, 0.3) is 10.8 Å². The lowest BCUT2D eigenvalue weighted by Crippen LogP contribution is -2.48. The van der Waals surface area contributed by atoms with E-state index in [1.54, 1.807) is 24.3 Å². The van der Waals surface area contributed by atoms with Gasteiger partial charge < -0.3 is 24.8 Å². The molecule has 4 aromatic carbocycles. The Kier molecular flexibility index (Phi) is 10.4. The van der Waals surface area contributed by atoms with E-state index >= 15 is 0 Å². The number of nitrogens with one attached hydrogen (secondary N) is 1. The fourth-order valence-electron chi connectivity index (χ4n) is 6.63. The van der Waals surface area contributed by atoms with E-state index in [1.807, 2.05) is 36.4 Å². The highest BCUT2D eigenvalue weighted by Gasteiger charge is 2.47. The molecule has 6 rings (SSSR count). The minimum absolute atomic E-state index is 0.0576. The van der Waals surface area contributed by atoms with Crippen molar-refractivity contribution in [1.29, 1.82) is 0 Å². The molecule has 0 spiro atoms. The largest absolute Gasteiger partial charge is 0.471 e. The van der Waals surface area contributed by atoms with E-state index in [0.717, 1.165) is 11.1 Å². The van der Waals surface area contributed by atoms with Gasteiger partial charge in [-0.25, -0.2) is 0 Å². The van der Waals surface area contributed by atoms with Gasteiger partial charge in [0.05, 0.1) is 18.8 Å². The van der Waals surface area contributed by atoms with E-state index in [1.165, 1.54) is 16.3 Å². The first-order valence-corrected chi connectivity index (χ1v) is 16.5. The summed E-state index contributed by atoms with van der Waals surface area (Å²) in [6.45, 7) is 2.62. The van der Waals surface area contributed by atoms with E-state index in [4.69, 9.17) is 9.47 Å². The number of hydrogen-bond donors (Lipinski definition) is 2. The maximum Gasteiger partial charge on any atom is 0.471 e. The molecule has 2 N–H and O–H groups in total. The highest BCUT2D eigenvalue weighted by Crippen LogP contribution is 2.39. The average molecular weight is 676 g/mol. The van der Waals surface area contributed by atoms with Crippen molar-refractivity contribution in [2.45, 2.75) is 69.6 Å². The minimum atomic E-state index is -5.04. The molecule has 49 heavy (non-hydrogen) atoms. The predicted molar refractivity (Wildman–Crippen MR) is 179 cm³/mol. The number of fused-ring (bicyclic) bond motifs is 1. The Hall–Kier alpha value is -4.29. The van der Waals surface area contributed by atoms with Crippen molar-refractivity contribution in [1.82, 2.24) is 9.80 Å². The first kappa shape index (κ1) is 34.6. The number of amides is 2. The van der Waals surface area contributed by atoms with Crippen molar-refractivity contribution in [3.63, 3.8) is 0 Å². The van der Waals surface area contributed by atoms with Crippen molar-refractivity contribution < 1.29 is 37.3 Å². The number of carbonyl (C=O) groups is 2. The molecule has 11 heteroatoms. The number of carbonyl (C=O) groups excluding carboxylic acids is 2. The van der Waals surface area contributed by atoms with E-state index in [9.17, 15) is 27.9 Å². The number of rotatable bonds is 9. The number of halogens is 3. The highest BCUT2D eigenvalue weighted by molar-refractivity contribution is 5.98. The van der Waals surface area contributed by atoms with Gasteiger partial charge in [0, 0.05) is 36.8 Å². The lowest BCUT2D eigenvalue weighted by Gasteiger charge is -2.39. The Labute approximate surface area is 283 Å². The minimum Gasteiger partial charge on any atom is -0.392 e. The van der Waals surface area contributed by atoms with Crippen LogP contribution in [0.5, 0.6) is 0 Å². The van der Waals surface area contributed by atoms with Gasteiger partial charge in [0.25, 0.3) is 0 Å². The Balaban J connectivity index is 1.17. The highest BCUT2D eigenvalue weighted by atomic mass is 19.4. The van der Waals surface area contributed by atoms with Crippen molar-refractivity contribution in [2.24, 2.45) is 0 Å². The second kappa shape index (κ2) is 14.7. The van der Waals surface area contributed by atoms with Crippen LogP contribution in [0.4, 0.5) is 18.9 Å². The van der Waals surface area contributed by atoms with Crippen LogP contribution in [0.15, 0.2) is 91.0 Å². The predicted octanol–water partition coefficient (Wildman–Crippen LogP) is 7.06. The first-order valence-electron chi connectivity index (χ1n) is 16.5. The summed E-state index contributed by atoms with van der Waals surface area (Å²) >= 11 is 0. The summed E-state index contributed by atoms with van der Waals surface area (Å²) in [6, 6.07) is 28.2. The van der Waals surface area contributed by atoms with Crippen molar-refractivity contribution in [3.8, 4) is 0 Å². The quantitative estimate of drug-likeness (QED) is 0.198. The van der Waals surface area contributed by atoms with Gasteiger partial charge in [-0.1, -0.05) is 72.8 Å². The molecule has 2 aliphatic heterocycles. The van der Waals surface area contributed by atoms with Crippen LogP contribution in [0, 0.1) is 0 Å². The van der Waals surface area contributed by atoms with Crippen LogP contribution in [0.2, 0.25) is 0 Å². The van der Waals surface area contributed by atoms with E-state index in [2.05, 4.69) is 54.5 Å². The first-order chi connectivity index (χ1) is 23.5. The molecule has 2 heterocycles. The van der Waals surface area contributed by atoms with Gasteiger partial charge in [0.2, 0.25) is 5.91 Å². The summed E-state index contributed by atoms with van der Waals surface area (Å²) in [7, 11) is 2.07. The summed E-state index contributed by atoms with van der Waals surface area (Å²) in [6.07, 6.45) is -5.18. The number of likely N-dealkylation sites (tertiary alicyclic amines) is 1.